The molecular weight excluding hydrogens is 690 g/mol. The highest BCUT2D eigenvalue weighted by Crippen LogP contribution is 2.52. The number of amides is 1. The molecule has 0 saturated carbocycles. The number of aliphatic imine (C=N–C) groups is 1. The molecule has 2 aromatic heterocycles. The number of aromatic nitrogens is 2. The Balaban J connectivity index is 1.56. The first-order valence-electron chi connectivity index (χ1n) is 18.3. The molecule has 6 rings (SSSR count). The number of hydrogen-bond acceptors (Lipinski definition) is 10. The zero-order chi connectivity index (χ0) is 39.5. The van der Waals surface area contributed by atoms with Gasteiger partial charge in [0.15, 0.2) is 0 Å². The minimum absolute atomic E-state index is 0.0190. The van der Waals surface area contributed by atoms with Gasteiger partial charge < -0.3 is 29.5 Å². The molecule has 1 aromatic carbocycles. The summed E-state index contributed by atoms with van der Waals surface area (Å²) >= 11 is 0. The van der Waals surface area contributed by atoms with E-state index in [-0.39, 0.29) is 74.3 Å². The van der Waals surface area contributed by atoms with Crippen molar-refractivity contribution in [2.24, 2.45) is 34.6 Å². The second-order valence-corrected chi connectivity index (χ2v) is 15.3. The molecule has 1 aliphatic carbocycles. The van der Waals surface area contributed by atoms with Crippen LogP contribution in [0.25, 0.3) is 16.9 Å². The lowest BCUT2D eigenvalue weighted by Gasteiger charge is -2.37. The predicted molar refractivity (Wildman–Crippen MR) is 203 cm³/mol. The number of ether oxygens (including phenoxy) is 3. The van der Waals surface area contributed by atoms with Gasteiger partial charge in [0.2, 0.25) is 5.78 Å². The maximum Gasteiger partial charge on any atom is 0.312 e. The number of aryl methyl sites for hydroxylation is 1. The summed E-state index contributed by atoms with van der Waals surface area (Å²) < 4.78 is 19.7. The van der Waals surface area contributed by atoms with Gasteiger partial charge in [-0.3, -0.25) is 18.8 Å². The highest BCUT2D eigenvalue weighted by Gasteiger charge is 2.52. The molecule has 0 saturated heterocycles. The van der Waals surface area contributed by atoms with Crippen molar-refractivity contribution in [3.05, 3.63) is 82.4 Å². The number of carbonyl (C=O) groups excluding carboxylic acids is 3. The number of methoxy groups -OCH3 is 1. The molecule has 286 valence electrons. The van der Waals surface area contributed by atoms with Crippen LogP contribution in [-0.2, 0) is 14.3 Å². The monoisotopic (exact) mass is 739 g/mol. The molecule has 12 heteroatoms. The smallest absolute Gasteiger partial charge is 0.312 e. The molecule has 1 amide bonds. The summed E-state index contributed by atoms with van der Waals surface area (Å²) in [6, 6.07) is 3.61. The number of Topliss-reactive ketones (excluding diaryl/α,β-unsaturated/α-hetero) is 2. The third-order valence-corrected chi connectivity index (χ3v) is 11.8. The second kappa shape index (κ2) is 14.4. The minimum Gasteiger partial charge on any atom is -0.507 e. The Hall–Kier alpha value is -4.91. The number of benzene rings is 1. The van der Waals surface area contributed by atoms with Crippen molar-refractivity contribution >= 4 is 28.8 Å². The van der Waals surface area contributed by atoms with E-state index in [1.807, 2.05) is 47.6 Å². The Labute approximate surface area is 314 Å². The van der Waals surface area contributed by atoms with Crippen molar-refractivity contribution < 1.29 is 43.9 Å². The first kappa shape index (κ1) is 38.8. The van der Waals surface area contributed by atoms with Gasteiger partial charge in [0.1, 0.15) is 34.2 Å². The first-order valence-corrected chi connectivity index (χ1v) is 18.3. The van der Waals surface area contributed by atoms with Gasteiger partial charge in [-0.25, -0.2) is 9.98 Å². The Morgan fingerprint density at radius 1 is 0.907 bits per heavy atom. The number of hydrogen-bond donors (Lipinski definition) is 3. The van der Waals surface area contributed by atoms with Crippen LogP contribution in [0.2, 0.25) is 0 Å². The summed E-state index contributed by atoms with van der Waals surface area (Å²) in [5.74, 6) is -5.66. The number of aliphatic hydroxyl groups excluding tert-OH is 2. The van der Waals surface area contributed by atoms with Crippen molar-refractivity contribution in [3.8, 4) is 22.8 Å². The van der Waals surface area contributed by atoms with Gasteiger partial charge in [-0.05, 0) is 62.3 Å². The Morgan fingerprint density at radius 3 is 2.30 bits per heavy atom. The molecule has 3 aliphatic rings. The van der Waals surface area contributed by atoms with E-state index < -0.39 is 53.2 Å². The number of phenolic OH excluding ortho intramolecular Hbond substituents is 1. The van der Waals surface area contributed by atoms with Crippen LogP contribution in [0.5, 0.6) is 11.5 Å². The topological polar surface area (TPSA) is 169 Å². The average Bonchev–Trinajstić information content (AvgIpc) is 3.64. The van der Waals surface area contributed by atoms with Gasteiger partial charge in [0, 0.05) is 48.8 Å². The molecular formula is C42H49N3O9. The number of nitrogens with zero attached hydrogens (tertiary/aromatic N) is 3. The number of phenols is 1. The molecule has 0 spiro atoms. The molecule has 3 N–H and O–H groups in total. The number of ketones is 2. The Morgan fingerprint density at radius 2 is 1.61 bits per heavy atom. The van der Waals surface area contributed by atoms with Crippen molar-refractivity contribution in [2.45, 2.75) is 86.4 Å². The molecule has 2 aliphatic heterocycles. The van der Waals surface area contributed by atoms with Crippen LogP contribution in [0.4, 0.5) is 0 Å². The van der Waals surface area contributed by atoms with E-state index in [1.54, 1.807) is 55.0 Å². The summed E-state index contributed by atoms with van der Waals surface area (Å²) in [6.45, 7) is 16.0. The molecule has 0 fully saturated rings. The highest BCUT2D eigenvalue weighted by molar-refractivity contribution is 6.56. The standard InChI is InChI=1S/C42H49N3O9/c1-19-14-16-45-28(18-19)43-32-29-30-37(48)26(8)39-31(29)40(50)42(9,54-39)53-17-15-27(52-10)23(5)22(4)24(6)36(47)25(7)35(46)20(2)12-11-13-21(3)41(51)44-33(34(32)45)38(30)49/h11-18,20,22-25,27,35-36,46-48H,1-10H3/b12-11+,17-15+,21-13-,44-33-/t20-,22+,23-,24-,25+,27-,35-,36-,42-/m0/s1. The summed E-state index contributed by atoms with van der Waals surface area (Å²) in [7, 11) is 1.56. The lowest BCUT2D eigenvalue weighted by molar-refractivity contribution is -0.114. The largest absolute Gasteiger partial charge is 0.507 e. The van der Waals surface area contributed by atoms with E-state index in [9.17, 15) is 29.7 Å². The van der Waals surface area contributed by atoms with E-state index in [1.165, 1.54) is 20.1 Å². The fraction of sp³-hybridized carbons (Fsp3) is 0.452. The Kier molecular flexibility index (Phi) is 10.3. The summed E-state index contributed by atoms with van der Waals surface area (Å²) in [5.41, 5.74) is 1.65. The highest BCUT2D eigenvalue weighted by atomic mass is 16.7. The van der Waals surface area contributed by atoms with Crippen molar-refractivity contribution in [1.82, 2.24) is 9.38 Å². The summed E-state index contributed by atoms with van der Waals surface area (Å²) in [6.07, 6.45) is 7.44. The number of rotatable bonds is 1. The number of aromatic hydroxyl groups is 1. The minimum atomic E-state index is -1.89. The zero-order valence-corrected chi connectivity index (χ0v) is 32.4. The summed E-state index contributed by atoms with van der Waals surface area (Å²) in [4.78, 5) is 51.8. The van der Waals surface area contributed by atoms with Crippen LogP contribution in [0.1, 0.15) is 86.0 Å². The maximum absolute atomic E-state index is 14.5. The predicted octanol–water partition coefficient (Wildman–Crippen LogP) is 6.09. The van der Waals surface area contributed by atoms with E-state index in [2.05, 4.69) is 4.99 Å². The Bertz CT molecular complexity index is 2180. The number of fused-ring (bicyclic) bond motifs is 6. The van der Waals surface area contributed by atoms with E-state index in [0.717, 1.165) is 5.56 Å². The van der Waals surface area contributed by atoms with E-state index in [0.29, 0.717) is 5.65 Å². The number of allylic oxidation sites excluding steroid dienone is 2. The molecule has 54 heavy (non-hydrogen) atoms. The van der Waals surface area contributed by atoms with Crippen LogP contribution >= 0.6 is 0 Å². The SMILES string of the molecule is CO[C@H]1/C=C/O[C@@]2(C)Oc3c(C)c(O)c4c(c3C2=O)-c2nc3cc(C)ccn3c2/C(=N/C(=O)/C(C)=C\C=C\[C@H](C)[C@H](O)[C@@H](C)[C@@H](O)[C@@H](C)[C@H](C)[C@@H]1C)C4=O. The molecule has 12 nitrogen and oxygen atoms in total. The molecule has 9 atom stereocenters. The van der Waals surface area contributed by atoms with E-state index >= 15 is 0 Å². The van der Waals surface area contributed by atoms with Gasteiger partial charge in [-0.2, -0.15) is 0 Å². The van der Waals surface area contributed by atoms with Crippen LogP contribution in [0, 0.1) is 43.4 Å². The molecule has 5 bridgehead atoms. The number of imidazole rings is 1. The van der Waals surface area contributed by atoms with Gasteiger partial charge in [0.05, 0.1) is 35.7 Å². The lowest BCUT2D eigenvalue weighted by atomic mass is 9.74. The van der Waals surface area contributed by atoms with Gasteiger partial charge in [-0.15, -0.1) is 0 Å². The van der Waals surface area contributed by atoms with Crippen molar-refractivity contribution in [3.63, 3.8) is 0 Å². The average molecular weight is 740 g/mol. The third-order valence-electron chi connectivity index (χ3n) is 11.8. The molecule has 3 aromatic rings. The van der Waals surface area contributed by atoms with Gasteiger partial charge >= 0.3 is 5.79 Å². The van der Waals surface area contributed by atoms with Crippen LogP contribution in [0.3, 0.4) is 0 Å². The maximum atomic E-state index is 14.5. The van der Waals surface area contributed by atoms with Gasteiger partial charge in [0.25, 0.3) is 11.7 Å². The van der Waals surface area contributed by atoms with Crippen molar-refractivity contribution in [2.75, 3.05) is 7.11 Å². The van der Waals surface area contributed by atoms with Crippen LogP contribution in [0.15, 0.2) is 59.5 Å². The van der Waals surface area contributed by atoms with Crippen LogP contribution < -0.4 is 4.74 Å². The van der Waals surface area contributed by atoms with E-state index in [4.69, 9.17) is 19.2 Å². The molecule has 4 heterocycles. The summed E-state index contributed by atoms with van der Waals surface area (Å²) in [5, 5.41) is 34.3. The molecule has 0 radical (unpaired) electrons. The fourth-order valence-electron chi connectivity index (χ4n) is 7.78. The number of aliphatic hydroxyl groups is 2. The third kappa shape index (κ3) is 6.29. The van der Waals surface area contributed by atoms with Crippen LogP contribution in [-0.4, -0.2) is 79.1 Å². The normalized spacial score (nSPS) is 33.7. The first-order chi connectivity index (χ1) is 25.4. The zero-order valence-electron chi connectivity index (χ0n) is 32.4. The second-order valence-electron chi connectivity index (χ2n) is 15.3. The fourth-order valence-corrected chi connectivity index (χ4v) is 7.78. The quantitative estimate of drug-likeness (QED) is 0.266. The van der Waals surface area contributed by atoms with Gasteiger partial charge in [-0.1, -0.05) is 52.8 Å². The lowest BCUT2D eigenvalue weighted by Crippen LogP contribution is -2.41. The number of carbonyl (C=O) groups is 3. The number of pyridine rings is 1. The van der Waals surface area contributed by atoms with Crippen molar-refractivity contribution in [1.29, 1.82) is 0 Å². The molecule has 0 unspecified atom stereocenters.